The Bertz CT molecular complexity index is 1240. The number of hydrogen-bond acceptors (Lipinski definition) is 6. The zero-order valence-corrected chi connectivity index (χ0v) is 20.2. The number of amides is 1. The van der Waals surface area contributed by atoms with E-state index in [-0.39, 0.29) is 39.8 Å². The molecule has 1 amide bonds. The Morgan fingerprint density at radius 1 is 1.06 bits per heavy atom. The van der Waals surface area contributed by atoms with Crippen molar-refractivity contribution in [1.82, 2.24) is 19.4 Å². The maximum Gasteiger partial charge on any atom is 0.256 e. The van der Waals surface area contributed by atoms with Gasteiger partial charge in [-0.25, -0.2) is 12.7 Å². The molecule has 1 aromatic heterocycles. The molecule has 0 atom stereocenters. The molecular weight excluding hydrogens is 475 g/mol. The Morgan fingerprint density at radius 3 is 2.38 bits per heavy atom. The van der Waals surface area contributed by atoms with Crippen molar-refractivity contribution in [2.75, 3.05) is 14.1 Å². The molecule has 0 spiro atoms. The second-order valence-corrected chi connectivity index (χ2v) is 10.4. The van der Waals surface area contributed by atoms with Gasteiger partial charge < -0.3 is 9.32 Å². The van der Waals surface area contributed by atoms with Crippen LogP contribution in [0.1, 0.15) is 30.1 Å². The van der Waals surface area contributed by atoms with E-state index < -0.39 is 15.9 Å². The summed E-state index contributed by atoms with van der Waals surface area (Å²) in [6.45, 7) is 3.64. The minimum Gasteiger partial charge on any atom is -0.419 e. The van der Waals surface area contributed by atoms with Crippen molar-refractivity contribution in [3.8, 4) is 11.5 Å². The highest BCUT2D eigenvalue weighted by atomic mass is 35.5. The van der Waals surface area contributed by atoms with Crippen LogP contribution >= 0.6 is 23.2 Å². The van der Waals surface area contributed by atoms with Gasteiger partial charge in [0.1, 0.15) is 0 Å². The standard InChI is InChI=1S/C21H22Cl2N4O4S/c1-13(2)27(12-19-24-25-20(31-19)15-7-5-6-8-17(15)22)21(28)16-11-14(9-10-18(16)23)32(29,30)26(3)4/h5-11,13H,12H2,1-4H3. The van der Waals surface area contributed by atoms with Crippen molar-refractivity contribution in [1.29, 1.82) is 0 Å². The molecule has 2 aromatic carbocycles. The Balaban J connectivity index is 1.92. The fourth-order valence-corrected chi connectivity index (χ4v) is 4.23. The number of halogens is 2. The van der Waals surface area contributed by atoms with Crippen molar-refractivity contribution in [3.05, 3.63) is 64.0 Å². The van der Waals surface area contributed by atoms with E-state index in [0.29, 0.717) is 10.6 Å². The maximum absolute atomic E-state index is 13.3. The first-order valence-corrected chi connectivity index (χ1v) is 11.8. The van der Waals surface area contributed by atoms with Gasteiger partial charge in [0.25, 0.3) is 5.91 Å². The van der Waals surface area contributed by atoms with Gasteiger partial charge in [-0.15, -0.1) is 10.2 Å². The Hall–Kier alpha value is -2.46. The molecule has 3 rings (SSSR count). The number of aromatic nitrogens is 2. The number of rotatable bonds is 7. The predicted octanol–water partition coefficient (Wildman–Crippen LogP) is 4.34. The van der Waals surface area contributed by atoms with Crippen LogP contribution in [0.5, 0.6) is 0 Å². The fourth-order valence-electron chi connectivity index (χ4n) is 2.89. The van der Waals surface area contributed by atoms with Gasteiger partial charge in [0.15, 0.2) is 0 Å². The number of benzene rings is 2. The molecule has 0 fully saturated rings. The van der Waals surface area contributed by atoms with Crippen LogP contribution < -0.4 is 0 Å². The lowest BCUT2D eigenvalue weighted by atomic mass is 10.1. The highest BCUT2D eigenvalue weighted by Crippen LogP contribution is 2.28. The van der Waals surface area contributed by atoms with Crippen LogP contribution in [0.2, 0.25) is 10.0 Å². The van der Waals surface area contributed by atoms with Crippen LogP contribution in [0.4, 0.5) is 0 Å². The van der Waals surface area contributed by atoms with Crippen molar-refractivity contribution in [2.45, 2.75) is 31.3 Å². The molecule has 0 aliphatic carbocycles. The SMILES string of the molecule is CC(C)N(Cc1nnc(-c2ccccc2Cl)o1)C(=O)c1cc(S(=O)(=O)N(C)C)ccc1Cl. The summed E-state index contributed by atoms with van der Waals surface area (Å²) in [5, 5.41) is 8.66. The molecular formula is C21H22Cl2N4O4S. The average Bonchev–Trinajstić information content (AvgIpc) is 3.20. The van der Waals surface area contributed by atoms with Crippen molar-refractivity contribution < 1.29 is 17.6 Å². The Kier molecular flexibility index (Phi) is 7.24. The molecule has 32 heavy (non-hydrogen) atoms. The molecule has 0 unspecified atom stereocenters. The zero-order valence-electron chi connectivity index (χ0n) is 17.9. The molecule has 8 nitrogen and oxygen atoms in total. The normalized spacial score (nSPS) is 11.9. The molecule has 3 aromatic rings. The molecule has 0 aliphatic heterocycles. The Morgan fingerprint density at radius 2 is 1.75 bits per heavy atom. The van der Waals surface area contributed by atoms with Gasteiger partial charge in [0.05, 0.1) is 32.6 Å². The summed E-state index contributed by atoms with van der Waals surface area (Å²) in [6, 6.07) is 10.8. The molecule has 170 valence electrons. The highest BCUT2D eigenvalue weighted by Gasteiger charge is 2.26. The number of sulfonamides is 1. The third kappa shape index (κ3) is 4.96. The fraction of sp³-hybridized carbons (Fsp3) is 0.286. The van der Waals surface area contributed by atoms with Crippen molar-refractivity contribution in [3.63, 3.8) is 0 Å². The molecule has 0 saturated carbocycles. The minimum absolute atomic E-state index is 0.00887. The maximum atomic E-state index is 13.3. The summed E-state index contributed by atoms with van der Waals surface area (Å²) in [7, 11) is -0.906. The first-order chi connectivity index (χ1) is 15.0. The average molecular weight is 497 g/mol. The lowest BCUT2D eigenvalue weighted by molar-refractivity contribution is 0.0672. The molecule has 0 bridgehead atoms. The van der Waals surface area contributed by atoms with E-state index >= 15 is 0 Å². The minimum atomic E-state index is -3.74. The molecule has 0 radical (unpaired) electrons. The summed E-state index contributed by atoms with van der Waals surface area (Å²) in [4.78, 5) is 14.8. The van der Waals surface area contributed by atoms with Crippen molar-refractivity contribution in [2.24, 2.45) is 0 Å². The molecule has 0 saturated heterocycles. The molecule has 0 N–H and O–H groups in total. The van der Waals surface area contributed by atoms with Gasteiger partial charge in [-0.2, -0.15) is 0 Å². The van der Waals surface area contributed by atoms with E-state index in [1.807, 2.05) is 13.8 Å². The second kappa shape index (κ2) is 9.58. The first kappa shape index (κ1) is 24.2. The second-order valence-electron chi connectivity index (χ2n) is 7.44. The van der Waals surface area contributed by atoms with Gasteiger partial charge in [-0.3, -0.25) is 4.79 Å². The topological polar surface area (TPSA) is 96.6 Å². The van der Waals surface area contributed by atoms with E-state index in [1.165, 1.54) is 37.2 Å². The molecule has 1 heterocycles. The van der Waals surface area contributed by atoms with Gasteiger partial charge in [-0.05, 0) is 44.2 Å². The number of nitrogens with zero attached hydrogens (tertiary/aromatic N) is 4. The first-order valence-electron chi connectivity index (χ1n) is 9.62. The molecule has 11 heteroatoms. The summed E-state index contributed by atoms with van der Waals surface area (Å²) in [6.07, 6.45) is 0. The number of hydrogen-bond donors (Lipinski definition) is 0. The van der Waals surface area contributed by atoms with E-state index in [1.54, 1.807) is 24.3 Å². The van der Waals surface area contributed by atoms with Crippen LogP contribution in [0.25, 0.3) is 11.5 Å². The van der Waals surface area contributed by atoms with Crippen LogP contribution in [0.15, 0.2) is 51.8 Å². The van der Waals surface area contributed by atoms with Crippen LogP contribution in [-0.4, -0.2) is 53.9 Å². The van der Waals surface area contributed by atoms with E-state index in [2.05, 4.69) is 10.2 Å². The van der Waals surface area contributed by atoms with Gasteiger partial charge >= 0.3 is 0 Å². The van der Waals surface area contributed by atoms with Gasteiger partial charge in [0.2, 0.25) is 21.8 Å². The summed E-state index contributed by atoms with van der Waals surface area (Å²) >= 11 is 12.4. The summed E-state index contributed by atoms with van der Waals surface area (Å²) in [5.41, 5.74) is 0.647. The summed E-state index contributed by atoms with van der Waals surface area (Å²) < 4.78 is 31.8. The van der Waals surface area contributed by atoms with Crippen LogP contribution in [-0.2, 0) is 16.6 Å². The smallest absolute Gasteiger partial charge is 0.256 e. The van der Waals surface area contributed by atoms with E-state index in [4.69, 9.17) is 27.6 Å². The van der Waals surface area contributed by atoms with Gasteiger partial charge in [0, 0.05) is 20.1 Å². The molecule has 0 aliphatic rings. The highest BCUT2D eigenvalue weighted by molar-refractivity contribution is 7.89. The monoisotopic (exact) mass is 496 g/mol. The third-order valence-corrected chi connectivity index (χ3v) is 7.18. The lowest BCUT2D eigenvalue weighted by Crippen LogP contribution is -2.36. The quantitative estimate of drug-likeness (QED) is 0.482. The largest absolute Gasteiger partial charge is 0.419 e. The third-order valence-electron chi connectivity index (χ3n) is 4.71. The van der Waals surface area contributed by atoms with Crippen LogP contribution in [0.3, 0.4) is 0 Å². The number of carbonyl (C=O) groups is 1. The summed E-state index contributed by atoms with van der Waals surface area (Å²) in [5.74, 6) is -0.0210. The van der Waals surface area contributed by atoms with Gasteiger partial charge in [-0.1, -0.05) is 35.3 Å². The number of carbonyl (C=O) groups excluding carboxylic acids is 1. The van der Waals surface area contributed by atoms with E-state index in [0.717, 1.165) is 4.31 Å². The van der Waals surface area contributed by atoms with Crippen molar-refractivity contribution >= 4 is 39.1 Å². The lowest BCUT2D eigenvalue weighted by Gasteiger charge is -2.26. The zero-order chi connectivity index (χ0) is 23.6. The van der Waals surface area contributed by atoms with Crippen LogP contribution in [0, 0.1) is 0 Å². The van der Waals surface area contributed by atoms with E-state index in [9.17, 15) is 13.2 Å². The Labute approximate surface area is 196 Å². The predicted molar refractivity (Wildman–Crippen MR) is 122 cm³/mol.